The van der Waals surface area contributed by atoms with Crippen LogP contribution in [0.3, 0.4) is 0 Å². The average molecular weight is 321 g/mol. The van der Waals surface area contributed by atoms with Crippen molar-refractivity contribution in [2.75, 3.05) is 39.5 Å². The number of likely N-dealkylation sites (N-methyl/N-ethyl adjacent to an activating group) is 1. The number of likely N-dealkylation sites (tertiary alicyclic amines) is 1. The van der Waals surface area contributed by atoms with Gasteiger partial charge in [-0.25, -0.2) is 0 Å². The van der Waals surface area contributed by atoms with Crippen LogP contribution in [0.4, 0.5) is 0 Å². The van der Waals surface area contributed by atoms with Crippen molar-refractivity contribution in [1.82, 2.24) is 14.8 Å². The lowest BCUT2D eigenvalue weighted by molar-refractivity contribution is -0.137. The first-order chi connectivity index (χ1) is 10.6. The summed E-state index contributed by atoms with van der Waals surface area (Å²) in [7, 11) is 3.86. The lowest BCUT2D eigenvalue weighted by Gasteiger charge is -2.47. The molecule has 1 unspecified atom stereocenters. The number of rotatable bonds is 5. The van der Waals surface area contributed by atoms with E-state index in [9.17, 15) is 4.79 Å². The van der Waals surface area contributed by atoms with Gasteiger partial charge < -0.3 is 14.5 Å². The van der Waals surface area contributed by atoms with Crippen molar-refractivity contribution in [2.45, 2.75) is 23.9 Å². The highest BCUT2D eigenvalue weighted by molar-refractivity contribution is 8.01. The first-order valence-electron chi connectivity index (χ1n) is 7.63. The van der Waals surface area contributed by atoms with E-state index in [1.54, 1.807) is 6.20 Å². The zero-order valence-electron chi connectivity index (χ0n) is 13.2. The smallest absolute Gasteiger partial charge is 0.236 e. The highest BCUT2D eigenvalue weighted by Gasteiger charge is 2.50. The van der Waals surface area contributed by atoms with E-state index < -0.39 is 0 Å². The van der Waals surface area contributed by atoms with Gasteiger partial charge in [0.05, 0.1) is 24.0 Å². The van der Waals surface area contributed by atoms with E-state index in [1.807, 2.05) is 54.0 Å². The van der Waals surface area contributed by atoms with E-state index in [0.29, 0.717) is 13.2 Å². The molecule has 0 bridgehead atoms. The molecular weight excluding hydrogens is 298 g/mol. The van der Waals surface area contributed by atoms with Gasteiger partial charge >= 0.3 is 0 Å². The second kappa shape index (κ2) is 6.56. The lowest BCUT2D eigenvalue weighted by Crippen LogP contribution is -2.62. The minimum absolute atomic E-state index is 0.232. The standard InChI is InChI=1S/C16H23N3O2S/c1-18(2)8-15(20)19-11-16(12-19)6-14(10-22-16)21-9-13-4-3-5-17-7-13/h3-5,7,14H,6,8-12H2,1-2H3. The molecule has 5 nitrogen and oxygen atoms in total. The maximum Gasteiger partial charge on any atom is 0.236 e. The number of pyridine rings is 1. The number of carbonyl (C=O) groups excluding carboxylic acids is 1. The second-order valence-corrected chi connectivity index (χ2v) is 7.97. The fourth-order valence-electron chi connectivity index (χ4n) is 3.02. The summed E-state index contributed by atoms with van der Waals surface area (Å²) in [5.41, 5.74) is 1.12. The summed E-state index contributed by atoms with van der Waals surface area (Å²) in [5.74, 6) is 1.26. The number of aromatic nitrogens is 1. The Hall–Kier alpha value is -1.11. The van der Waals surface area contributed by atoms with Gasteiger partial charge in [-0.3, -0.25) is 9.78 Å². The van der Waals surface area contributed by atoms with Crippen molar-refractivity contribution < 1.29 is 9.53 Å². The predicted octanol–water partition coefficient (Wildman–Crippen LogP) is 1.25. The molecule has 6 heteroatoms. The van der Waals surface area contributed by atoms with Crippen molar-refractivity contribution in [1.29, 1.82) is 0 Å². The van der Waals surface area contributed by atoms with Crippen LogP contribution in [0, 0.1) is 0 Å². The van der Waals surface area contributed by atoms with Gasteiger partial charge in [-0.2, -0.15) is 0 Å². The molecule has 0 aromatic carbocycles. The normalized spacial score (nSPS) is 23.0. The largest absolute Gasteiger partial charge is 0.373 e. The van der Waals surface area contributed by atoms with Crippen LogP contribution in [-0.4, -0.2) is 71.0 Å². The Morgan fingerprint density at radius 3 is 3.05 bits per heavy atom. The van der Waals surface area contributed by atoms with Gasteiger partial charge in [0.1, 0.15) is 0 Å². The van der Waals surface area contributed by atoms with Crippen molar-refractivity contribution in [3.8, 4) is 0 Å². The number of nitrogens with zero attached hydrogens (tertiary/aromatic N) is 3. The summed E-state index contributed by atoms with van der Waals surface area (Å²) < 4.78 is 6.25. The van der Waals surface area contributed by atoms with Crippen molar-refractivity contribution in [3.63, 3.8) is 0 Å². The Bertz CT molecular complexity index is 517. The molecule has 22 heavy (non-hydrogen) atoms. The second-order valence-electron chi connectivity index (χ2n) is 6.48. The summed E-state index contributed by atoms with van der Waals surface area (Å²) in [6, 6.07) is 3.97. The molecule has 1 amide bonds. The monoisotopic (exact) mass is 321 g/mol. The Morgan fingerprint density at radius 2 is 2.36 bits per heavy atom. The molecule has 3 heterocycles. The van der Waals surface area contributed by atoms with E-state index >= 15 is 0 Å². The maximum atomic E-state index is 12.0. The van der Waals surface area contributed by atoms with Gasteiger partial charge in [0.25, 0.3) is 0 Å². The maximum absolute atomic E-state index is 12.0. The molecule has 3 rings (SSSR count). The van der Waals surface area contributed by atoms with Gasteiger partial charge in [0, 0.05) is 31.2 Å². The van der Waals surface area contributed by atoms with Crippen LogP contribution in [0.1, 0.15) is 12.0 Å². The van der Waals surface area contributed by atoms with Crippen molar-refractivity contribution >= 4 is 17.7 Å². The van der Waals surface area contributed by atoms with Crippen LogP contribution in [0.15, 0.2) is 24.5 Å². The van der Waals surface area contributed by atoms with Crippen LogP contribution >= 0.6 is 11.8 Å². The Kier molecular flexibility index (Phi) is 4.70. The summed E-state index contributed by atoms with van der Waals surface area (Å²) in [4.78, 5) is 20.0. The molecule has 1 atom stereocenters. The zero-order chi connectivity index (χ0) is 15.6. The van der Waals surface area contributed by atoms with Gasteiger partial charge in [-0.15, -0.1) is 11.8 Å². The molecule has 0 N–H and O–H groups in total. The van der Waals surface area contributed by atoms with Crippen LogP contribution in [0.5, 0.6) is 0 Å². The van der Waals surface area contributed by atoms with Gasteiger partial charge in [-0.1, -0.05) is 6.07 Å². The molecule has 0 aliphatic carbocycles. The van der Waals surface area contributed by atoms with E-state index in [-0.39, 0.29) is 16.8 Å². The Morgan fingerprint density at radius 1 is 1.55 bits per heavy atom. The fraction of sp³-hybridized carbons (Fsp3) is 0.625. The summed E-state index contributed by atoms with van der Waals surface area (Å²) >= 11 is 1.97. The Labute approximate surface area is 136 Å². The van der Waals surface area contributed by atoms with Crippen molar-refractivity contribution in [3.05, 3.63) is 30.1 Å². The van der Waals surface area contributed by atoms with Gasteiger partial charge in [0.2, 0.25) is 5.91 Å². The molecule has 2 aliphatic heterocycles. The van der Waals surface area contributed by atoms with E-state index in [4.69, 9.17) is 4.74 Å². The quantitative estimate of drug-likeness (QED) is 0.817. The molecule has 2 aliphatic rings. The number of ether oxygens (including phenoxy) is 1. The van der Waals surface area contributed by atoms with Crippen LogP contribution in [0.25, 0.3) is 0 Å². The number of amides is 1. The topological polar surface area (TPSA) is 45.7 Å². The molecular formula is C16H23N3O2S. The summed E-state index contributed by atoms with van der Waals surface area (Å²) in [5, 5.41) is 0. The Balaban J connectivity index is 1.43. The summed E-state index contributed by atoms with van der Waals surface area (Å²) in [6.07, 6.45) is 4.96. The molecule has 120 valence electrons. The highest BCUT2D eigenvalue weighted by Crippen LogP contribution is 2.46. The van der Waals surface area contributed by atoms with Crippen LogP contribution in [-0.2, 0) is 16.1 Å². The van der Waals surface area contributed by atoms with Crippen molar-refractivity contribution in [2.24, 2.45) is 0 Å². The average Bonchev–Trinajstić information content (AvgIpc) is 2.88. The predicted molar refractivity (Wildman–Crippen MR) is 87.8 cm³/mol. The van der Waals surface area contributed by atoms with E-state index in [1.165, 1.54) is 0 Å². The lowest BCUT2D eigenvalue weighted by atomic mass is 9.93. The van der Waals surface area contributed by atoms with Gasteiger partial charge in [-0.05, 0) is 32.1 Å². The summed E-state index contributed by atoms with van der Waals surface area (Å²) in [6.45, 7) is 2.87. The third kappa shape index (κ3) is 3.62. The first-order valence-corrected chi connectivity index (χ1v) is 8.62. The molecule has 0 saturated carbocycles. The first kappa shape index (κ1) is 15.8. The third-order valence-electron chi connectivity index (χ3n) is 4.15. The molecule has 1 spiro atoms. The number of hydrogen-bond donors (Lipinski definition) is 0. The third-order valence-corrected chi connectivity index (χ3v) is 5.72. The SMILES string of the molecule is CN(C)CC(=O)N1CC2(CC(OCc3cccnc3)CS2)C1. The van der Waals surface area contributed by atoms with Crippen LogP contribution < -0.4 is 0 Å². The molecule has 2 fully saturated rings. The number of carbonyl (C=O) groups is 1. The minimum Gasteiger partial charge on any atom is -0.373 e. The minimum atomic E-state index is 0.232. The molecule has 1 aromatic heterocycles. The molecule has 1 aromatic rings. The van der Waals surface area contributed by atoms with E-state index in [2.05, 4.69) is 4.98 Å². The fourth-order valence-corrected chi connectivity index (χ4v) is 4.58. The molecule has 0 radical (unpaired) electrons. The number of thioether (sulfide) groups is 1. The molecule has 2 saturated heterocycles. The van der Waals surface area contributed by atoms with Gasteiger partial charge in [0.15, 0.2) is 0 Å². The van der Waals surface area contributed by atoms with E-state index in [0.717, 1.165) is 30.8 Å². The number of hydrogen-bond acceptors (Lipinski definition) is 5. The zero-order valence-corrected chi connectivity index (χ0v) is 14.0. The van der Waals surface area contributed by atoms with Crippen LogP contribution in [0.2, 0.25) is 0 Å². The highest BCUT2D eigenvalue weighted by atomic mass is 32.2.